The first-order valence-corrected chi connectivity index (χ1v) is 14.6. The third-order valence-electron chi connectivity index (χ3n) is 8.33. The highest BCUT2D eigenvalue weighted by Crippen LogP contribution is 2.41. The molecule has 7 nitrogen and oxygen atoms in total. The number of benzene rings is 2. The second-order valence-corrected chi connectivity index (χ2v) is 12.5. The van der Waals surface area contributed by atoms with Crippen LogP contribution in [0.15, 0.2) is 60.7 Å². The van der Waals surface area contributed by atoms with Crippen molar-refractivity contribution < 1.29 is 19.1 Å². The first kappa shape index (κ1) is 27.9. The average molecular weight is 544 g/mol. The van der Waals surface area contributed by atoms with Crippen LogP contribution in [-0.4, -0.2) is 41.5 Å². The van der Waals surface area contributed by atoms with Crippen LogP contribution in [0.4, 0.5) is 10.5 Å². The van der Waals surface area contributed by atoms with Crippen molar-refractivity contribution in [2.45, 2.75) is 70.9 Å². The second kappa shape index (κ2) is 11.9. The first-order valence-electron chi connectivity index (χ1n) is 14.6. The number of anilines is 1. The van der Waals surface area contributed by atoms with E-state index in [9.17, 15) is 14.4 Å². The SMILES string of the molecule is CC(C)(C)OC(=O)NCc1cccc(C2CCN(C(=O)c3cccc(NC(=O)C4CC5C=CC4CC5)c3)CC2)c1. The van der Waals surface area contributed by atoms with Gasteiger partial charge in [-0.05, 0) is 100.0 Å². The van der Waals surface area contributed by atoms with E-state index in [2.05, 4.69) is 34.9 Å². The molecule has 3 unspecified atom stereocenters. The standard InChI is InChI=1S/C33H41N3O4/c1-33(2,3)40-32(39)34-21-23-6-4-7-26(18-23)24-14-16-36(17-15-24)31(38)27-8-5-9-28(20-27)35-30(37)29-19-22-10-12-25(29)13-11-22/h4-10,12,18,20,22,24-25,29H,11,13-17,19,21H2,1-3H3,(H,34,39)(H,35,37). The van der Waals surface area contributed by atoms with Gasteiger partial charge in [0.1, 0.15) is 5.60 Å². The van der Waals surface area contributed by atoms with Gasteiger partial charge in [0.05, 0.1) is 0 Å². The zero-order valence-corrected chi connectivity index (χ0v) is 23.8. The number of hydrogen-bond acceptors (Lipinski definition) is 4. The number of carbonyl (C=O) groups is 3. The fourth-order valence-electron chi connectivity index (χ4n) is 6.24. The minimum Gasteiger partial charge on any atom is -0.444 e. The molecule has 7 heteroatoms. The third-order valence-corrected chi connectivity index (χ3v) is 8.33. The summed E-state index contributed by atoms with van der Waals surface area (Å²) in [5.41, 5.74) is 3.02. The molecule has 1 saturated carbocycles. The molecule has 1 saturated heterocycles. The van der Waals surface area contributed by atoms with E-state index in [-0.39, 0.29) is 17.7 Å². The number of allylic oxidation sites excluding steroid dienone is 2. The Morgan fingerprint density at radius 3 is 2.40 bits per heavy atom. The van der Waals surface area contributed by atoms with Gasteiger partial charge in [0.15, 0.2) is 0 Å². The molecule has 40 heavy (non-hydrogen) atoms. The van der Waals surface area contributed by atoms with Crippen LogP contribution in [0.1, 0.15) is 80.3 Å². The maximum absolute atomic E-state index is 13.3. The van der Waals surface area contributed by atoms with Crippen LogP contribution in [0.3, 0.4) is 0 Å². The summed E-state index contributed by atoms with van der Waals surface area (Å²) in [6, 6.07) is 15.6. The molecule has 2 N–H and O–H groups in total. The lowest BCUT2D eigenvalue weighted by atomic mass is 9.69. The van der Waals surface area contributed by atoms with Gasteiger partial charge in [0.2, 0.25) is 5.91 Å². The van der Waals surface area contributed by atoms with Gasteiger partial charge < -0.3 is 20.3 Å². The Kier molecular flexibility index (Phi) is 8.29. The van der Waals surface area contributed by atoms with E-state index in [1.54, 1.807) is 0 Å². The number of carbonyl (C=O) groups excluding carboxylic acids is 3. The Morgan fingerprint density at radius 2 is 1.73 bits per heavy atom. The van der Waals surface area contributed by atoms with Crippen LogP contribution in [0, 0.1) is 17.8 Å². The van der Waals surface area contributed by atoms with Crippen LogP contribution in [0.5, 0.6) is 0 Å². The molecule has 1 aliphatic heterocycles. The van der Waals surface area contributed by atoms with E-state index >= 15 is 0 Å². The molecule has 212 valence electrons. The largest absolute Gasteiger partial charge is 0.444 e. The fourth-order valence-corrected chi connectivity index (χ4v) is 6.24. The fraction of sp³-hybridized carbons (Fsp3) is 0.485. The number of piperidine rings is 1. The lowest BCUT2D eigenvalue weighted by Gasteiger charge is -2.37. The lowest BCUT2D eigenvalue weighted by molar-refractivity contribution is -0.122. The van der Waals surface area contributed by atoms with Crippen LogP contribution >= 0.6 is 0 Å². The van der Waals surface area contributed by atoms with Crippen molar-refractivity contribution in [1.82, 2.24) is 10.2 Å². The molecule has 0 aromatic heterocycles. The highest BCUT2D eigenvalue weighted by molar-refractivity contribution is 5.98. The predicted molar refractivity (Wildman–Crippen MR) is 156 cm³/mol. The van der Waals surface area contributed by atoms with Crippen LogP contribution < -0.4 is 10.6 Å². The number of nitrogens with zero attached hydrogens (tertiary/aromatic N) is 1. The number of amides is 3. The number of nitrogens with one attached hydrogen (secondary N) is 2. The summed E-state index contributed by atoms with van der Waals surface area (Å²) in [5.74, 6) is 1.30. The molecule has 0 radical (unpaired) electrons. The molecular weight excluding hydrogens is 502 g/mol. The molecule has 2 fully saturated rings. The van der Waals surface area contributed by atoms with E-state index < -0.39 is 11.7 Å². The molecule has 4 aliphatic rings. The Morgan fingerprint density at radius 1 is 0.950 bits per heavy atom. The Labute approximate surface area is 237 Å². The van der Waals surface area contributed by atoms with Gasteiger partial charge in [0, 0.05) is 36.8 Å². The normalized spacial score (nSPS) is 22.6. The Hall–Kier alpha value is -3.61. The Bertz CT molecular complexity index is 1270. The number of fused-ring (bicyclic) bond motifs is 2. The van der Waals surface area contributed by atoms with Crippen molar-refractivity contribution in [2.75, 3.05) is 18.4 Å². The van der Waals surface area contributed by atoms with Crippen molar-refractivity contribution in [1.29, 1.82) is 0 Å². The summed E-state index contributed by atoms with van der Waals surface area (Å²) in [6.45, 7) is 7.30. The van der Waals surface area contributed by atoms with Crippen molar-refractivity contribution in [2.24, 2.45) is 17.8 Å². The topological polar surface area (TPSA) is 87.7 Å². The van der Waals surface area contributed by atoms with Crippen LogP contribution in [0.2, 0.25) is 0 Å². The summed E-state index contributed by atoms with van der Waals surface area (Å²) in [4.78, 5) is 40.3. The zero-order chi connectivity index (χ0) is 28.3. The average Bonchev–Trinajstić information content (AvgIpc) is 2.96. The van der Waals surface area contributed by atoms with Gasteiger partial charge in [-0.1, -0.05) is 42.5 Å². The summed E-state index contributed by atoms with van der Waals surface area (Å²) >= 11 is 0. The minimum absolute atomic E-state index is 0.00418. The van der Waals surface area contributed by atoms with Crippen molar-refractivity contribution in [3.63, 3.8) is 0 Å². The molecule has 2 aromatic carbocycles. The van der Waals surface area contributed by atoms with E-state index in [4.69, 9.17) is 4.74 Å². The predicted octanol–water partition coefficient (Wildman–Crippen LogP) is 6.27. The first-order chi connectivity index (χ1) is 19.1. The summed E-state index contributed by atoms with van der Waals surface area (Å²) < 4.78 is 5.33. The van der Waals surface area contributed by atoms with Crippen molar-refractivity contribution in [3.8, 4) is 0 Å². The minimum atomic E-state index is -0.529. The number of hydrogen-bond donors (Lipinski definition) is 2. The molecule has 0 spiro atoms. The molecule has 3 amide bonds. The highest BCUT2D eigenvalue weighted by Gasteiger charge is 2.36. The zero-order valence-electron chi connectivity index (χ0n) is 23.8. The van der Waals surface area contributed by atoms with Crippen LogP contribution in [0.25, 0.3) is 0 Å². The molecule has 3 atom stereocenters. The van der Waals surface area contributed by atoms with Gasteiger partial charge in [-0.3, -0.25) is 9.59 Å². The summed E-state index contributed by atoms with van der Waals surface area (Å²) in [5, 5.41) is 5.90. The number of likely N-dealkylation sites (tertiary alicyclic amines) is 1. The van der Waals surface area contributed by atoms with E-state index in [0.29, 0.717) is 48.6 Å². The quantitative estimate of drug-likeness (QED) is 0.420. The molecule has 2 bridgehead atoms. The molecular formula is C33H41N3O4. The molecule has 2 aromatic rings. The monoisotopic (exact) mass is 543 g/mol. The van der Waals surface area contributed by atoms with E-state index in [1.165, 1.54) is 12.0 Å². The molecule has 6 rings (SSSR count). The van der Waals surface area contributed by atoms with Crippen molar-refractivity contribution >= 4 is 23.6 Å². The van der Waals surface area contributed by atoms with Gasteiger partial charge in [-0.25, -0.2) is 4.79 Å². The summed E-state index contributed by atoms with van der Waals surface area (Å²) in [7, 11) is 0. The molecule has 3 aliphatic carbocycles. The molecule has 1 heterocycles. The second-order valence-electron chi connectivity index (χ2n) is 12.5. The van der Waals surface area contributed by atoms with E-state index in [0.717, 1.165) is 31.2 Å². The lowest BCUT2D eigenvalue weighted by Crippen LogP contribution is -2.38. The number of rotatable bonds is 6. The smallest absolute Gasteiger partial charge is 0.407 e. The van der Waals surface area contributed by atoms with Crippen molar-refractivity contribution in [3.05, 3.63) is 77.4 Å². The van der Waals surface area contributed by atoms with Gasteiger partial charge in [-0.2, -0.15) is 0 Å². The maximum Gasteiger partial charge on any atom is 0.407 e. The van der Waals surface area contributed by atoms with Gasteiger partial charge >= 0.3 is 6.09 Å². The Balaban J connectivity index is 1.13. The van der Waals surface area contributed by atoms with E-state index in [1.807, 2.05) is 62.1 Å². The maximum atomic E-state index is 13.3. The van der Waals surface area contributed by atoms with Gasteiger partial charge in [-0.15, -0.1) is 0 Å². The third kappa shape index (κ3) is 6.93. The highest BCUT2D eigenvalue weighted by atomic mass is 16.6. The summed E-state index contributed by atoms with van der Waals surface area (Å²) in [6.07, 6.45) is 8.99. The van der Waals surface area contributed by atoms with Crippen LogP contribution in [-0.2, 0) is 16.1 Å². The number of ether oxygens (including phenoxy) is 1. The van der Waals surface area contributed by atoms with Gasteiger partial charge in [0.25, 0.3) is 5.91 Å². The number of alkyl carbamates (subject to hydrolysis) is 1.